The molecule has 0 unspecified atom stereocenters. The van der Waals surface area contributed by atoms with E-state index in [0.29, 0.717) is 16.7 Å². The van der Waals surface area contributed by atoms with Crippen molar-refractivity contribution in [3.63, 3.8) is 0 Å². The molecule has 0 bridgehead atoms. The van der Waals surface area contributed by atoms with Crippen LogP contribution in [0.15, 0.2) is 64.8 Å². The van der Waals surface area contributed by atoms with Gasteiger partial charge in [-0.05, 0) is 36.8 Å². The van der Waals surface area contributed by atoms with E-state index < -0.39 is 0 Å². The fourth-order valence-electron chi connectivity index (χ4n) is 2.85. The Kier molecular flexibility index (Phi) is 4.55. The fraction of sp³-hybridized carbons (Fsp3) is 0.105. The summed E-state index contributed by atoms with van der Waals surface area (Å²) in [5, 5.41) is 3.60. The Morgan fingerprint density at radius 3 is 2.85 bits per heavy atom. The van der Waals surface area contributed by atoms with E-state index in [1.807, 2.05) is 42.0 Å². The largest absolute Gasteiger partial charge is 0.325 e. The average Bonchev–Trinajstić information content (AvgIpc) is 3.25. The summed E-state index contributed by atoms with van der Waals surface area (Å²) in [5.74, 6) is 0.0847. The zero-order valence-corrected chi connectivity index (χ0v) is 15.3. The van der Waals surface area contributed by atoms with Crippen molar-refractivity contribution < 1.29 is 4.79 Å². The van der Waals surface area contributed by atoms with E-state index >= 15 is 0 Å². The van der Waals surface area contributed by atoms with Crippen LogP contribution >= 0.6 is 11.8 Å². The van der Waals surface area contributed by atoms with Crippen LogP contribution in [0.2, 0.25) is 0 Å². The maximum absolute atomic E-state index is 12.3. The SMILES string of the molecule is Cc1ccccc1-n1ccnc1SCC(=O)Nc1ccc2[nH]c(=O)[nH]c2c1. The number of fused-ring (bicyclic) bond motifs is 1. The summed E-state index contributed by atoms with van der Waals surface area (Å²) < 4.78 is 1.98. The standard InChI is InChI=1S/C19H17N5O2S/c1-12-4-2-3-5-16(12)24-9-8-20-19(24)27-11-17(25)21-13-6-7-14-15(10-13)23-18(26)22-14/h2-10H,11H2,1H3,(H,21,25)(H2,22,23,26). The van der Waals surface area contributed by atoms with Gasteiger partial charge in [-0.15, -0.1) is 0 Å². The Labute approximate surface area is 158 Å². The van der Waals surface area contributed by atoms with Gasteiger partial charge in [0.25, 0.3) is 0 Å². The third-order valence-corrected chi connectivity index (χ3v) is 5.08. The average molecular weight is 379 g/mol. The molecule has 4 aromatic rings. The number of anilines is 1. The number of H-pyrrole nitrogens is 2. The van der Waals surface area contributed by atoms with Gasteiger partial charge in [0.1, 0.15) is 0 Å². The molecule has 0 radical (unpaired) electrons. The highest BCUT2D eigenvalue weighted by molar-refractivity contribution is 7.99. The first-order valence-electron chi connectivity index (χ1n) is 8.34. The number of nitrogens with zero attached hydrogens (tertiary/aromatic N) is 2. The number of aromatic nitrogens is 4. The number of hydrogen-bond donors (Lipinski definition) is 3. The molecule has 0 aliphatic rings. The summed E-state index contributed by atoms with van der Waals surface area (Å²) in [6.45, 7) is 2.04. The highest BCUT2D eigenvalue weighted by Gasteiger charge is 2.11. The number of aryl methyl sites for hydroxylation is 1. The number of amides is 1. The molecule has 2 aromatic carbocycles. The molecule has 4 rings (SSSR count). The highest BCUT2D eigenvalue weighted by atomic mass is 32.2. The quantitative estimate of drug-likeness (QED) is 0.464. The zero-order chi connectivity index (χ0) is 18.8. The number of para-hydroxylation sites is 1. The summed E-state index contributed by atoms with van der Waals surface area (Å²) in [4.78, 5) is 33.3. The van der Waals surface area contributed by atoms with Crippen LogP contribution in [0, 0.1) is 6.92 Å². The molecule has 3 N–H and O–H groups in total. The number of carbonyl (C=O) groups is 1. The molecular weight excluding hydrogens is 362 g/mol. The molecule has 8 heteroatoms. The summed E-state index contributed by atoms with van der Waals surface area (Å²) in [6.07, 6.45) is 3.61. The van der Waals surface area contributed by atoms with Gasteiger partial charge in [-0.3, -0.25) is 9.36 Å². The van der Waals surface area contributed by atoms with E-state index in [2.05, 4.69) is 20.3 Å². The second-order valence-corrected chi connectivity index (χ2v) is 6.99. The molecular formula is C19H17N5O2S. The van der Waals surface area contributed by atoms with Crippen molar-refractivity contribution >= 4 is 34.4 Å². The number of carbonyl (C=O) groups excluding carboxylic acids is 1. The Morgan fingerprint density at radius 2 is 2.00 bits per heavy atom. The summed E-state index contributed by atoms with van der Waals surface area (Å²) in [6, 6.07) is 13.3. The first-order valence-corrected chi connectivity index (χ1v) is 9.33. The second-order valence-electron chi connectivity index (χ2n) is 6.04. The summed E-state index contributed by atoms with van der Waals surface area (Å²) >= 11 is 1.37. The molecule has 0 aliphatic carbocycles. The molecule has 2 aromatic heterocycles. The van der Waals surface area contributed by atoms with E-state index in [9.17, 15) is 9.59 Å². The monoisotopic (exact) mass is 379 g/mol. The van der Waals surface area contributed by atoms with Gasteiger partial charge in [-0.1, -0.05) is 30.0 Å². The van der Waals surface area contributed by atoms with E-state index in [1.54, 1.807) is 24.4 Å². The van der Waals surface area contributed by atoms with Crippen molar-refractivity contribution in [1.29, 1.82) is 0 Å². The van der Waals surface area contributed by atoms with Gasteiger partial charge in [0.05, 0.1) is 22.5 Å². The smallest absolute Gasteiger partial charge is 0.323 e. The van der Waals surface area contributed by atoms with Crippen LogP contribution in [0.5, 0.6) is 0 Å². The molecule has 0 saturated heterocycles. The Morgan fingerprint density at radius 1 is 1.19 bits per heavy atom. The van der Waals surface area contributed by atoms with Crippen molar-refractivity contribution in [2.24, 2.45) is 0 Å². The first-order chi connectivity index (χ1) is 13.1. The number of aromatic amines is 2. The lowest BCUT2D eigenvalue weighted by Crippen LogP contribution is -2.14. The van der Waals surface area contributed by atoms with Gasteiger partial charge >= 0.3 is 5.69 Å². The van der Waals surface area contributed by atoms with Crippen LogP contribution in [0.3, 0.4) is 0 Å². The third-order valence-electron chi connectivity index (χ3n) is 4.11. The Balaban J connectivity index is 1.44. The molecule has 0 aliphatic heterocycles. The lowest BCUT2D eigenvalue weighted by Gasteiger charge is -2.10. The van der Waals surface area contributed by atoms with Gasteiger partial charge in [-0.25, -0.2) is 9.78 Å². The number of nitrogens with one attached hydrogen (secondary N) is 3. The molecule has 1 amide bonds. The van der Waals surface area contributed by atoms with Crippen LogP contribution in [0.1, 0.15) is 5.56 Å². The van der Waals surface area contributed by atoms with Crippen molar-refractivity contribution in [1.82, 2.24) is 19.5 Å². The van der Waals surface area contributed by atoms with Crippen LogP contribution < -0.4 is 11.0 Å². The zero-order valence-electron chi connectivity index (χ0n) is 14.5. The van der Waals surface area contributed by atoms with Crippen LogP contribution in [0.25, 0.3) is 16.7 Å². The van der Waals surface area contributed by atoms with Gasteiger partial charge in [-0.2, -0.15) is 0 Å². The van der Waals surface area contributed by atoms with E-state index in [-0.39, 0.29) is 17.3 Å². The number of benzene rings is 2. The minimum absolute atomic E-state index is 0.142. The normalized spacial score (nSPS) is 11.0. The molecule has 7 nitrogen and oxygen atoms in total. The Hall–Kier alpha value is -3.26. The molecule has 27 heavy (non-hydrogen) atoms. The Bertz CT molecular complexity index is 1170. The first kappa shape index (κ1) is 17.2. The van der Waals surface area contributed by atoms with Crippen LogP contribution in [-0.2, 0) is 4.79 Å². The van der Waals surface area contributed by atoms with E-state index in [4.69, 9.17) is 0 Å². The van der Waals surface area contributed by atoms with Crippen molar-refractivity contribution in [2.45, 2.75) is 12.1 Å². The summed E-state index contributed by atoms with van der Waals surface area (Å²) in [7, 11) is 0. The second kappa shape index (κ2) is 7.16. The maximum atomic E-state index is 12.3. The lowest BCUT2D eigenvalue weighted by atomic mass is 10.2. The topological polar surface area (TPSA) is 95.6 Å². The number of thioether (sulfide) groups is 1. The van der Waals surface area contributed by atoms with Gasteiger partial charge < -0.3 is 15.3 Å². The number of rotatable bonds is 5. The predicted molar refractivity (Wildman–Crippen MR) is 107 cm³/mol. The van der Waals surface area contributed by atoms with E-state index in [1.165, 1.54) is 11.8 Å². The van der Waals surface area contributed by atoms with E-state index in [0.717, 1.165) is 16.4 Å². The molecule has 136 valence electrons. The third kappa shape index (κ3) is 3.65. The van der Waals surface area contributed by atoms with Crippen LogP contribution in [0.4, 0.5) is 5.69 Å². The summed E-state index contributed by atoms with van der Waals surface area (Å²) in [5.41, 5.74) is 3.89. The predicted octanol–water partition coefficient (Wildman–Crippen LogP) is 3.08. The fourth-order valence-corrected chi connectivity index (χ4v) is 3.62. The minimum atomic E-state index is -0.271. The molecule has 2 heterocycles. The minimum Gasteiger partial charge on any atom is -0.325 e. The maximum Gasteiger partial charge on any atom is 0.323 e. The highest BCUT2D eigenvalue weighted by Crippen LogP contribution is 2.23. The van der Waals surface area contributed by atoms with Crippen molar-refractivity contribution in [2.75, 3.05) is 11.1 Å². The molecule has 0 fully saturated rings. The van der Waals surface area contributed by atoms with Crippen molar-refractivity contribution in [3.05, 3.63) is 70.9 Å². The van der Waals surface area contributed by atoms with Crippen LogP contribution in [-0.4, -0.2) is 31.2 Å². The lowest BCUT2D eigenvalue weighted by molar-refractivity contribution is -0.113. The molecule has 0 atom stereocenters. The van der Waals surface area contributed by atoms with Crippen molar-refractivity contribution in [3.8, 4) is 5.69 Å². The molecule has 0 saturated carbocycles. The number of hydrogen-bond acceptors (Lipinski definition) is 4. The number of imidazole rings is 2. The van der Waals surface area contributed by atoms with Gasteiger partial charge in [0.15, 0.2) is 5.16 Å². The van der Waals surface area contributed by atoms with Gasteiger partial charge in [0, 0.05) is 18.1 Å². The van der Waals surface area contributed by atoms with Gasteiger partial charge in [0.2, 0.25) is 5.91 Å². The molecule has 0 spiro atoms.